The van der Waals surface area contributed by atoms with E-state index in [0.717, 1.165) is 47.8 Å². The lowest BCUT2D eigenvalue weighted by Crippen LogP contribution is -2.52. The molecule has 3 heterocycles. The van der Waals surface area contributed by atoms with Gasteiger partial charge in [0.1, 0.15) is 29.5 Å². The van der Waals surface area contributed by atoms with E-state index in [1.54, 1.807) is 0 Å². The maximum absolute atomic E-state index is 12.3. The molecule has 7 heteroatoms. The third-order valence-electron chi connectivity index (χ3n) is 6.86. The summed E-state index contributed by atoms with van der Waals surface area (Å²) in [4.78, 5) is 25.5. The van der Waals surface area contributed by atoms with Crippen molar-refractivity contribution in [3.05, 3.63) is 84.7 Å². The molecule has 0 spiro atoms. The first kappa shape index (κ1) is 21.9. The highest BCUT2D eigenvalue weighted by molar-refractivity contribution is 5.87. The van der Waals surface area contributed by atoms with Crippen molar-refractivity contribution < 1.29 is 9.53 Å². The quantitative estimate of drug-likeness (QED) is 0.575. The molecule has 1 amide bonds. The van der Waals surface area contributed by atoms with Gasteiger partial charge < -0.3 is 20.3 Å². The van der Waals surface area contributed by atoms with Gasteiger partial charge in [-0.1, -0.05) is 36.9 Å². The molecule has 0 radical (unpaired) electrons. The largest absolute Gasteiger partial charge is 0.457 e. The number of ether oxygens (including phenoxy) is 1. The van der Waals surface area contributed by atoms with Crippen molar-refractivity contribution in [2.75, 3.05) is 23.7 Å². The summed E-state index contributed by atoms with van der Waals surface area (Å²) in [5.74, 6) is 2.95. The first-order chi connectivity index (χ1) is 16.6. The second-order valence-electron chi connectivity index (χ2n) is 8.89. The first-order valence-electron chi connectivity index (χ1n) is 11.7. The third kappa shape index (κ3) is 3.98. The van der Waals surface area contributed by atoms with Crippen molar-refractivity contribution in [2.45, 2.75) is 37.8 Å². The Hall–Kier alpha value is -3.87. The summed E-state index contributed by atoms with van der Waals surface area (Å²) in [6, 6.07) is 18.2. The van der Waals surface area contributed by atoms with Gasteiger partial charge in [0.2, 0.25) is 5.91 Å². The molecule has 0 bridgehead atoms. The monoisotopic (exact) mass is 455 g/mol. The highest BCUT2D eigenvalue weighted by Gasteiger charge is 2.43. The fourth-order valence-corrected chi connectivity index (χ4v) is 5.33. The van der Waals surface area contributed by atoms with Crippen LogP contribution in [0.3, 0.4) is 0 Å². The number of amides is 1. The number of hydrogen-bond acceptors (Lipinski definition) is 6. The number of carbonyl (C=O) groups is 1. The SMILES string of the molecule is C=CC(=O)N1CCCC(N2c3ncnc(N)c3C(c3ccc(Oc4ccccc4)cc3)C2C)C1. The summed E-state index contributed by atoms with van der Waals surface area (Å²) in [7, 11) is 0. The number of nitrogens with two attached hydrogens (primary N) is 1. The Kier molecular flexibility index (Phi) is 5.92. The molecule has 5 rings (SSSR count). The normalized spacial score (nSPS) is 21.7. The van der Waals surface area contributed by atoms with Crippen LogP contribution in [0.15, 0.2) is 73.6 Å². The first-order valence-corrected chi connectivity index (χ1v) is 11.7. The molecule has 3 aromatic rings. The molecule has 2 aliphatic rings. The van der Waals surface area contributed by atoms with Crippen LogP contribution in [0.5, 0.6) is 11.5 Å². The number of anilines is 2. The number of nitrogen functional groups attached to an aromatic ring is 1. The van der Waals surface area contributed by atoms with E-state index >= 15 is 0 Å². The van der Waals surface area contributed by atoms with Crippen LogP contribution >= 0.6 is 0 Å². The number of fused-ring (bicyclic) bond motifs is 1. The number of hydrogen-bond donors (Lipinski definition) is 1. The highest BCUT2D eigenvalue weighted by atomic mass is 16.5. The van der Waals surface area contributed by atoms with E-state index in [4.69, 9.17) is 10.5 Å². The lowest BCUT2D eigenvalue weighted by atomic mass is 9.88. The summed E-state index contributed by atoms with van der Waals surface area (Å²) in [5, 5.41) is 0. The second kappa shape index (κ2) is 9.17. The number of carbonyl (C=O) groups excluding carboxylic acids is 1. The van der Waals surface area contributed by atoms with E-state index in [1.807, 2.05) is 47.4 Å². The summed E-state index contributed by atoms with van der Waals surface area (Å²) in [5.41, 5.74) is 8.49. The Morgan fingerprint density at radius 1 is 1.12 bits per heavy atom. The lowest BCUT2D eigenvalue weighted by Gasteiger charge is -2.41. The number of piperidine rings is 1. The molecule has 2 N–H and O–H groups in total. The lowest BCUT2D eigenvalue weighted by molar-refractivity contribution is -0.127. The third-order valence-corrected chi connectivity index (χ3v) is 6.86. The van der Waals surface area contributed by atoms with Crippen molar-refractivity contribution in [2.24, 2.45) is 0 Å². The fourth-order valence-electron chi connectivity index (χ4n) is 5.33. The van der Waals surface area contributed by atoms with Crippen LogP contribution in [0.4, 0.5) is 11.6 Å². The van der Waals surface area contributed by atoms with E-state index in [1.165, 1.54) is 12.4 Å². The fraction of sp³-hybridized carbons (Fsp3) is 0.296. The van der Waals surface area contributed by atoms with Crippen molar-refractivity contribution in [1.29, 1.82) is 0 Å². The molecule has 1 aromatic heterocycles. The van der Waals surface area contributed by atoms with Gasteiger partial charge in [-0.25, -0.2) is 9.97 Å². The molecule has 1 saturated heterocycles. The van der Waals surface area contributed by atoms with E-state index in [-0.39, 0.29) is 23.9 Å². The van der Waals surface area contributed by atoms with Gasteiger partial charge in [0.05, 0.1) is 0 Å². The molecule has 0 aliphatic carbocycles. The van der Waals surface area contributed by atoms with Crippen molar-refractivity contribution in [1.82, 2.24) is 14.9 Å². The van der Waals surface area contributed by atoms with Crippen LogP contribution in [0, 0.1) is 0 Å². The molecular weight excluding hydrogens is 426 g/mol. The van der Waals surface area contributed by atoms with E-state index in [0.29, 0.717) is 12.4 Å². The summed E-state index contributed by atoms with van der Waals surface area (Å²) < 4.78 is 5.97. The predicted octanol–water partition coefficient (Wildman–Crippen LogP) is 4.37. The van der Waals surface area contributed by atoms with E-state index in [9.17, 15) is 4.79 Å². The van der Waals surface area contributed by atoms with Crippen LogP contribution in [-0.4, -0.2) is 45.9 Å². The number of rotatable bonds is 5. The Labute approximate surface area is 199 Å². The maximum atomic E-state index is 12.3. The van der Waals surface area contributed by atoms with Gasteiger partial charge in [-0.2, -0.15) is 0 Å². The van der Waals surface area contributed by atoms with Crippen LogP contribution < -0.4 is 15.4 Å². The molecule has 34 heavy (non-hydrogen) atoms. The Balaban J connectivity index is 1.45. The van der Waals surface area contributed by atoms with E-state index in [2.05, 4.69) is 40.5 Å². The smallest absolute Gasteiger partial charge is 0.246 e. The summed E-state index contributed by atoms with van der Waals surface area (Å²) >= 11 is 0. The van der Waals surface area contributed by atoms with Crippen LogP contribution in [-0.2, 0) is 4.79 Å². The molecule has 3 atom stereocenters. The van der Waals surface area contributed by atoms with Crippen molar-refractivity contribution in [3.8, 4) is 11.5 Å². The van der Waals surface area contributed by atoms with Gasteiger partial charge in [-0.3, -0.25) is 4.79 Å². The average Bonchev–Trinajstić information content (AvgIpc) is 3.17. The molecule has 174 valence electrons. The van der Waals surface area contributed by atoms with Gasteiger partial charge >= 0.3 is 0 Å². The minimum absolute atomic E-state index is 0.0208. The second-order valence-corrected chi connectivity index (χ2v) is 8.89. The summed E-state index contributed by atoms with van der Waals surface area (Å²) in [6.45, 7) is 7.26. The molecule has 7 nitrogen and oxygen atoms in total. The van der Waals surface area contributed by atoms with E-state index < -0.39 is 0 Å². The number of para-hydroxylation sites is 1. The van der Waals surface area contributed by atoms with Gasteiger partial charge in [0, 0.05) is 36.7 Å². The van der Waals surface area contributed by atoms with Crippen molar-refractivity contribution >= 4 is 17.5 Å². The predicted molar refractivity (Wildman–Crippen MR) is 133 cm³/mol. The van der Waals surface area contributed by atoms with Gasteiger partial charge in [0.25, 0.3) is 0 Å². The van der Waals surface area contributed by atoms with Crippen molar-refractivity contribution in [3.63, 3.8) is 0 Å². The van der Waals surface area contributed by atoms with Crippen LogP contribution in [0.1, 0.15) is 36.8 Å². The highest BCUT2D eigenvalue weighted by Crippen LogP contribution is 2.47. The van der Waals surface area contributed by atoms with Gasteiger partial charge in [-0.15, -0.1) is 0 Å². The Bertz CT molecular complexity index is 1180. The topological polar surface area (TPSA) is 84.6 Å². The van der Waals surface area contributed by atoms with Gasteiger partial charge in [0.15, 0.2) is 0 Å². The zero-order chi connectivity index (χ0) is 23.7. The molecule has 2 aliphatic heterocycles. The summed E-state index contributed by atoms with van der Waals surface area (Å²) in [6.07, 6.45) is 4.86. The Morgan fingerprint density at radius 3 is 2.59 bits per heavy atom. The molecule has 0 saturated carbocycles. The Morgan fingerprint density at radius 2 is 1.85 bits per heavy atom. The van der Waals surface area contributed by atoms with Crippen LogP contribution in [0.25, 0.3) is 0 Å². The van der Waals surface area contributed by atoms with Gasteiger partial charge in [-0.05, 0) is 55.7 Å². The average molecular weight is 456 g/mol. The number of likely N-dealkylation sites (tertiary alicyclic amines) is 1. The number of aromatic nitrogens is 2. The molecule has 1 fully saturated rings. The minimum atomic E-state index is -0.0236. The zero-order valence-corrected chi connectivity index (χ0v) is 19.3. The maximum Gasteiger partial charge on any atom is 0.246 e. The molecular formula is C27H29N5O2. The molecule has 2 aromatic carbocycles. The molecule has 3 unspecified atom stereocenters. The number of benzene rings is 2. The minimum Gasteiger partial charge on any atom is -0.457 e. The zero-order valence-electron chi connectivity index (χ0n) is 19.3. The number of nitrogens with zero attached hydrogens (tertiary/aromatic N) is 4. The standard InChI is InChI=1S/C27H29N5O2/c1-3-23(33)31-15-7-8-20(16-31)32-18(2)24(25-26(28)29-17-30-27(25)32)19-11-13-22(14-12-19)34-21-9-5-4-6-10-21/h3-6,9-14,17-18,20,24H,1,7-8,15-16H2,2H3,(H2,28,29,30). The van der Waals surface area contributed by atoms with Crippen LogP contribution in [0.2, 0.25) is 0 Å².